The molecule has 0 bridgehead atoms. The number of benzene rings is 1. The van der Waals surface area contributed by atoms with Crippen LogP contribution in [0.25, 0.3) is 0 Å². The lowest BCUT2D eigenvalue weighted by atomic mass is 9.92. The third-order valence-corrected chi connectivity index (χ3v) is 4.26. The molecule has 2 amide bonds. The number of nitrogens with one attached hydrogen (secondary N) is 3. The van der Waals surface area contributed by atoms with Gasteiger partial charge in [0.15, 0.2) is 0 Å². The third kappa shape index (κ3) is 3.93. The Morgan fingerprint density at radius 3 is 2.48 bits per heavy atom. The van der Waals surface area contributed by atoms with Crippen LogP contribution in [0, 0.1) is 5.41 Å². The summed E-state index contributed by atoms with van der Waals surface area (Å²) in [6.07, 6.45) is 0.136. The van der Waals surface area contributed by atoms with Crippen molar-refractivity contribution in [1.29, 1.82) is 0 Å². The van der Waals surface area contributed by atoms with E-state index in [1.807, 2.05) is 25.6 Å². The first-order valence-corrected chi connectivity index (χ1v) is 8.28. The Kier molecular flexibility index (Phi) is 4.27. The molecule has 0 fully saturated rings. The van der Waals surface area contributed by atoms with E-state index in [4.69, 9.17) is 0 Å². The van der Waals surface area contributed by atoms with E-state index in [0.717, 1.165) is 6.07 Å². The van der Waals surface area contributed by atoms with Crippen molar-refractivity contribution in [1.82, 2.24) is 10.3 Å². The van der Waals surface area contributed by atoms with E-state index in [1.54, 1.807) is 0 Å². The molecule has 23 heavy (non-hydrogen) atoms. The molecular formula is C14H17N3O5S. The zero-order valence-corrected chi connectivity index (χ0v) is 13.7. The van der Waals surface area contributed by atoms with Crippen molar-refractivity contribution >= 4 is 33.3 Å². The van der Waals surface area contributed by atoms with E-state index in [1.165, 1.54) is 12.1 Å². The molecule has 0 saturated heterocycles. The standard InChI is InChI=1S/C14H17N3O5S/c1-14(2,3)7-11(18)16-17-23(21,22)8-4-5-10-9(6-8)12(19)13(20)15-10/h4-6,17H,7H2,1-3H3,(H,16,18)(H,15,19,20). The molecule has 0 atom stereocenters. The number of ketones is 1. The Hall–Kier alpha value is -2.26. The van der Waals surface area contributed by atoms with Crippen LogP contribution in [0.3, 0.4) is 0 Å². The second kappa shape index (κ2) is 5.74. The summed E-state index contributed by atoms with van der Waals surface area (Å²) in [6, 6.07) is 3.65. The maximum absolute atomic E-state index is 12.1. The summed E-state index contributed by atoms with van der Waals surface area (Å²) in [5.41, 5.74) is 2.08. The second-order valence-electron chi connectivity index (χ2n) is 6.38. The fourth-order valence-electron chi connectivity index (χ4n) is 2.00. The van der Waals surface area contributed by atoms with Crippen LogP contribution in [0.4, 0.5) is 5.69 Å². The molecule has 1 aromatic rings. The van der Waals surface area contributed by atoms with Crippen LogP contribution in [0.1, 0.15) is 37.6 Å². The van der Waals surface area contributed by atoms with Crippen LogP contribution in [-0.2, 0) is 19.6 Å². The Morgan fingerprint density at radius 1 is 1.22 bits per heavy atom. The molecule has 2 rings (SSSR count). The molecule has 8 nitrogen and oxygen atoms in total. The maximum atomic E-state index is 12.1. The van der Waals surface area contributed by atoms with Crippen molar-refractivity contribution in [2.24, 2.45) is 5.41 Å². The average Bonchev–Trinajstić information content (AvgIpc) is 2.70. The van der Waals surface area contributed by atoms with Gasteiger partial charge in [-0.05, 0) is 23.6 Å². The van der Waals surface area contributed by atoms with E-state index in [2.05, 4.69) is 10.7 Å². The number of sulfonamides is 1. The zero-order chi connectivity index (χ0) is 17.4. The first-order chi connectivity index (χ1) is 10.5. The molecule has 3 N–H and O–H groups in total. The zero-order valence-electron chi connectivity index (χ0n) is 12.9. The molecule has 124 valence electrons. The number of carbonyl (C=O) groups is 3. The van der Waals surface area contributed by atoms with Crippen LogP contribution in [0.15, 0.2) is 23.1 Å². The number of carbonyl (C=O) groups excluding carboxylic acids is 3. The highest BCUT2D eigenvalue weighted by atomic mass is 32.2. The molecule has 0 aromatic heterocycles. The molecule has 0 spiro atoms. The number of fused-ring (bicyclic) bond motifs is 1. The largest absolute Gasteiger partial charge is 0.318 e. The summed E-state index contributed by atoms with van der Waals surface area (Å²) in [7, 11) is -4.05. The molecule has 9 heteroatoms. The number of hydrazine groups is 1. The fourth-order valence-corrected chi connectivity index (χ4v) is 2.88. The van der Waals surface area contributed by atoms with Gasteiger partial charge in [-0.25, -0.2) is 8.42 Å². The minimum Gasteiger partial charge on any atom is -0.318 e. The molecule has 0 unspecified atom stereocenters. The van der Waals surface area contributed by atoms with Crippen molar-refractivity contribution in [3.8, 4) is 0 Å². The highest BCUT2D eigenvalue weighted by Crippen LogP contribution is 2.25. The maximum Gasteiger partial charge on any atom is 0.296 e. The summed E-state index contributed by atoms with van der Waals surface area (Å²) >= 11 is 0. The molecule has 0 saturated carbocycles. The highest BCUT2D eigenvalue weighted by Gasteiger charge is 2.30. The van der Waals surface area contributed by atoms with E-state index in [9.17, 15) is 22.8 Å². The smallest absolute Gasteiger partial charge is 0.296 e. The summed E-state index contributed by atoms with van der Waals surface area (Å²) in [5.74, 6) is -2.08. The predicted octanol–water partition coefficient (Wildman–Crippen LogP) is 0.567. The normalized spacial score (nSPS) is 14.4. The van der Waals surface area contributed by atoms with Crippen molar-refractivity contribution in [3.63, 3.8) is 0 Å². The third-order valence-electron chi connectivity index (χ3n) is 3.02. The number of amides is 2. The van der Waals surface area contributed by atoms with E-state index < -0.39 is 27.6 Å². The molecule has 0 radical (unpaired) electrons. The number of rotatable bonds is 4. The van der Waals surface area contributed by atoms with E-state index in [0.29, 0.717) is 0 Å². The minimum absolute atomic E-state index is 0.0149. The number of anilines is 1. The van der Waals surface area contributed by atoms with Gasteiger partial charge in [-0.2, -0.15) is 0 Å². The molecule has 1 aliphatic heterocycles. The van der Waals surface area contributed by atoms with Gasteiger partial charge >= 0.3 is 0 Å². The number of Topliss-reactive ketones (excluding diaryl/α,β-unsaturated/α-hetero) is 1. The van der Waals surface area contributed by atoms with Gasteiger partial charge in [0.25, 0.3) is 21.7 Å². The van der Waals surface area contributed by atoms with Crippen molar-refractivity contribution in [3.05, 3.63) is 23.8 Å². The highest BCUT2D eigenvalue weighted by molar-refractivity contribution is 7.89. The van der Waals surface area contributed by atoms with Gasteiger partial charge in [-0.1, -0.05) is 20.8 Å². The van der Waals surface area contributed by atoms with Crippen molar-refractivity contribution in [2.75, 3.05) is 5.32 Å². The summed E-state index contributed by atoms with van der Waals surface area (Å²) < 4.78 is 24.3. The molecule has 1 heterocycles. The lowest BCUT2D eigenvalue weighted by Gasteiger charge is -2.17. The lowest BCUT2D eigenvalue weighted by Crippen LogP contribution is -2.42. The van der Waals surface area contributed by atoms with E-state index >= 15 is 0 Å². The molecule has 1 aliphatic rings. The number of hydrogen-bond acceptors (Lipinski definition) is 5. The van der Waals surface area contributed by atoms with Gasteiger partial charge in [0.2, 0.25) is 5.91 Å². The SMILES string of the molecule is CC(C)(C)CC(=O)NNS(=O)(=O)c1ccc2c(c1)C(=O)C(=O)N2. The Bertz CT molecular complexity index is 793. The van der Waals surface area contributed by atoms with Crippen molar-refractivity contribution in [2.45, 2.75) is 32.1 Å². The minimum atomic E-state index is -4.05. The summed E-state index contributed by atoms with van der Waals surface area (Å²) in [5, 5.41) is 2.33. The topological polar surface area (TPSA) is 121 Å². The average molecular weight is 339 g/mol. The van der Waals surface area contributed by atoms with Crippen LogP contribution >= 0.6 is 0 Å². The summed E-state index contributed by atoms with van der Waals surface area (Å²) in [4.78, 5) is 36.3. The van der Waals surface area contributed by atoms with Gasteiger partial charge < -0.3 is 5.32 Å². The van der Waals surface area contributed by atoms with Crippen LogP contribution < -0.4 is 15.6 Å². The Morgan fingerprint density at radius 2 is 1.87 bits per heavy atom. The first kappa shape index (κ1) is 17.1. The monoisotopic (exact) mass is 339 g/mol. The summed E-state index contributed by atoms with van der Waals surface area (Å²) in [6.45, 7) is 5.53. The number of hydrogen-bond donors (Lipinski definition) is 3. The quantitative estimate of drug-likeness (QED) is 0.547. The Balaban J connectivity index is 2.14. The van der Waals surface area contributed by atoms with Crippen molar-refractivity contribution < 1.29 is 22.8 Å². The molecule has 0 aliphatic carbocycles. The first-order valence-electron chi connectivity index (χ1n) is 6.80. The molecule has 1 aromatic carbocycles. The second-order valence-corrected chi connectivity index (χ2v) is 8.06. The lowest BCUT2D eigenvalue weighted by molar-refractivity contribution is -0.123. The van der Waals surface area contributed by atoms with Gasteiger partial charge in [-0.3, -0.25) is 19.8 Å². The predicted molar refractivity (Wildman–Crippen MR) is 81.9 cm³/mol. The van der Waals surface area contributed by atoms with Crippen LogP contribution in [-0.4, -0.2) is 26.0 Å². The Labute approximate surface area is 133 Å². The van der Waals surface area contributed by atoms with Gasteiger partial charge in [-0.15, -0.1) is 4.83 Å². The van der Waals surface area contributed by atoms with E-state index in [-0.39, 0.29) is 28.0 Å². The van der Waals surface area contributed by atoms with Gasteiger partial charge in [0.05, 0.1) is 16.1 Å². The van der Waals surface area contributed by atoms with Gasteiger partial charge in [0, 0.05) is 6.42 Å². The van der Waals surface area contributed by atoms with Crippen LogP contribution in [0.2, 0.25) is 0 Å². The van der Waals surface area contributed by atoms with Gasteiger partial charge in [0.1, 0.15) is 0 Å². The van der Waals surface area contributed by atoms with Crippen LogP contribution in [0.5, 0.6) is 0 Å². The molecular weight excluding hydrogens is 322 g/mol. The fraction of sp³-hybridized carbons (Fsp3) is 0.357.